The molecule has 1 unspecified atom stereocenters. The maximum atomic E-state index is 11.6. The summed E-state index contributed by atoms with van der Waals surface area (Å²) in [6.45, 7) is 11.3. The Hall–Kier alpha value is -1.07. The van der Waals surface area contributed by atoms with E-state index >= 15 is 0 Å². The SMILES string of the molecule is CCc1ccc(CNCC(C)NC(=O)OC(C)(C)C)s1. The fraction of sp³-hybridized carbons (Fsp3) is 0.667. The number of carbonyl (C=O) groups is 1. The van der Waals surface area contributed by atoms with Gasteiger partial charge in [0.25, 0.3) is 0 Å². The molecule has 0 aromatic carbocycles. The number of carbonyl (C=O) groups excluding carboxylic acids is 1. The third-order valence-corrected chi connectivity index (χ3v) is 3.81. The van der Waals surface area contributed by atoms with Gasteiger partial charge in [0.15, 0.2) is 0 Å². The van der Waals surface area contributed by atoms with Crippen molar-refractivity contribution in [2.24, 2.45) is 0 Å². The van der Waals surface area contributed by atoms with E-state index < -0.39 is 5.60 Å². The van der Waals surface area contributed by atoms with Gasteiger partial charge >= 0.3 is 6.09 Å². The number of hydrogen-bond donors (Lipinski definition) is 2. The van der Waals surface area contributed by atoms with Gasteiger partial charge in [-0.25, -0.2) is 4.79 Å². The lowest BCUT2D eigenvalue weighted by atomic mass is 10.2. The summed E-state index contributed by atoms with van der Waals surface area (Å²) < 4.78 is 5.22. The Morgan fingerprint density at radius 2 is 2.00 bits per heavy atom. The molecule has 0 aliphatic carbocycles. The molecule has 4 nitrogen and oxygen atoms in total. The molecule has 0 aliphatic rings. The van der Waals surface area contributed by atoms with E-state index in [1.807, 2.05) is 39.0 Å². The maximum absolute atomic E-state index is 11.6. The van der Waals surface area contributed by atoms with Crippen molar-refractivity contribution in [1.29, 1.82) is 0 Å². The molecule has 1 heterocycles. The van der Waals surface area contributed by atoms with Crippen LogP contribution in [0.5, 0.6) is 0 Å². The van der Waals surface area contributed by atoms with E-state index in [9.17, 15) is 4.79 Å². The van der Waals surface area contributed by atoms with Crippen molar-refractivity contribution in [1.82, 2.24) is 10.6 Å². The van der Waals surface area contributed by atoms with Crippen molar-refractivity contribution in [3.8, 4) is 0 Å². The van der Waals surface area contributed by atoms with E-state index in [0.717, 1.165) is 19.5 Å². The van der Waals surface area contributed by atoms with Crippen LogP contribution in [0, 0.1) is 0 Å². The number of rotatable bonds is 6. The molecule has 20 heavy (non-hydrogen) atoms. The largest absolute Gasteiger partial charge is 0.444 e. The minimum atomic E-state index is -0.454. The molecular weight excluding hydrogens is 272 g/mol. The van der Waals surface area contributed by atoms with Gasteiger partial charge in [-0.05, 0) is 46.2 Å². The Morgan fingerprint density at radius 1 is 1.35 bits per heavy atom. The summed E-state index contributed by atoms with van der Waals surface area (Å²) in [5.41, 5.74) is -0.454. The predicted molar refractivity (Wildman–Crippen MR) is 84.2 cm³/mol. The zero-order valence-corrected chi connectivity index (χ0v) is 13.9. The lowest BCUT2D eigenvalue weighted by molar-refractivity contribution is 0.0508. The summed E-state index contributed by atoms with van der Waals surface area (Å²) in [4.78, 5) is 14.3. The second-order valence-corrected chi connectivity index (χ2v) is 7.15. The highest BCUT2D eigenvalue weighted by atomic mass is 32.1. The Bertz CT molecular complexity index is 424. The van der Waals surface area contributed by atoms with Gasteiger partial charge in [-0.3, -0.25) is 0 Å². The summed E-state index contributed by atoms with van der Waals surface area (Å²) in [5.74, 6) is 0. The number of nitrogens with one attached hydrogen (secondary N) is 2. The molecule has 1 atom stereocenters. The first-order chi connectivity index (χ1) is 9.30. The second kappa shape index (κ2) is 7.64. The van der Waals surface area contributed by atoms with E-state index in [4.69, 9.17) is 4.74 Å². The van der Waals surface area contributed by atoms with Crippen LogP contribution in [0.2, 0.25) is 0 Å². The molecule has 0 bridgehead atoms. The van der Waals surface area contributed by atoms with Gasteiger partial charge in [-0.2, -0.15) is 0 Å². The fourth-order valence-electron chi connectivity index (χ4n) is 1.68. The molecule has 0 spiro atoms. The third kappa shape index (κ3) is 6.91. The number of thiophene rings is 1. The maximum Gasteiger partial charge on any atom is 0.407 e. The van der Waals surface area contributed by atoms with Crippen molar-refractivity contribution in [3.63, 3.8) is 0 Å². The highest BCUT2D eigenvalue weighted by Crippen LogP contribution is 2.16. The summed E-state index contributed by atoms with van der Waals surface area (Å²) in [7, 11) is 0. The summed E-state index contributed by atoms with van der Waals surface area (Å²) in [5, 5.41) is 6.17. The van der Waals surface area contributed by atoms with Gasteiger partial charge in [0.05, 0.1) is 0 Å². The van der Waals surface area contributed by atoms with Crippen LogP contribution < -0.4 is 10.6 Å². The Labute approximate surface area is 125 Å². The molecule has 1 amide bonds. The van der Waals surface area contributed by atoms with Crippen molar-refractivity contribution < 1.29 is 9.53 Å². The minimum absolute atomic E-state index is 0.0375. The first-order valence-corrected chi connectivity index (χ1v) is 7.89. The summed E-state index contributed by atoms with van der Waals surface area (Å²) in [6, 6.07) is 4.36. The average Bonchev–Trinajstić information content (AvgIpc) is 2.74. The number of amides is 1. The lowest BCUT2D eigenvalue weighted by Crippen LogP contribution is -2.42. The van der Waals surface area contributed by atoms with Gasteiger partial charge in [0.2, 0.25) is 0 Å². The summed E-state index contributed by atoms with van der Waals surface area (Å²) in [6.07, 6.45) is 0.720. The van der Waals surface area contributed by atoms with Crippen molar-refractivity contribution in [2.75, 3.05) is 6.54 Å². The smallest absolute Gasteiger partial charge is 0.407 e. The lowest BCUT2D eigenvalue weighted by Gasteiger charge is -2.22. The van der Waals surface area contributed by atoms with E-state index in [-0.39, 0.29) is 12.1 Å². The molecule has 0 saturated heterocycles. The van der Waals surface area contributed by atoms with Crippen LogP contribution in [0.1, 0.15) is 44.4 Å². The zero-order chi connectivity index (χ0) is 15.2. The Balaban J connectivity index is 2.22. The second-order valence-electron chi connectivity index (χ2n) is 5.90. The average molecular weight is 298 g/mol. The van der Waals surface area contributed by atoms with Crippen molar-refractivity contribution >= 4 is 17.4 Å². The Kier molecular flexibility index (Phi) is 6.49. The Morgan fingerprint density at radius 3 is 2.55 bits per heavy atom. The van der Waals surface area contributed by atoms with Gasteiger partial charge in [0, 0.05) is 28.9 Å². The summed E-state index contributed by atoms with van der Waals surface area (Å²) >= 11 is 1.83. The zero-order valence-electron chi connectivity index (χ0n) is 13.1. The molecule has 0 fully saturated rings. The highest BCUT2D eigenvalue weighted by molar-refractivity contribution is 7.11. The van der Waals surface area contributed by atoms with E-state index in [1.54, 1.807) is 0 Å². The van der Waals surface area contributed by atoms with E-state index in [1.165, 1.54) is 9.75 Å². The van der Waals surface area contributed by atoms with Crippen LogP contribution in [0.15, 0.2) is 12.1 Å². The minimum Gasteiger partial charge on any atom is -0.444 e. The van der Waals surface area contributed by atoms with Crippen LogP contribution in [0.3, 0.4) is 0 Å². The predicted octanol–water partition coefficient (Wildman–Crippen LogP) is 3.31. The first kappa shape index (κ1) is 17.0. The monoisotopic (exact) mass is 298 g/mol. The highest BCUT2D eigenvalue weighted by Gasteiger charge is 2.17. The molecular formula is C15H26N2O2S. The molecule has 0 aliphatic heterocycles. The van der Waals surface area contributed by atoms with Crippen LogP contribution in [-0.4, -0.2) is 24.3 Å². The van der Waals surface area contributed by atoms with Gasteiger partial charge in [-0.1, -0.05) is 6.92 Å². The van der Waals surface area contributed by atoms with E-state index in [2.05, 4.69) is 29.7 Å². The molecule has 1 aromatic rings. The molecule has 114 valence electrons. The number of ether oxygens (including phenoxy) is 1. The molecule has 0 saturated carbocycles. The first-order valence-electron chi connectivity index (χ1n) is 7.08. The third-order valence-electron chi connectivity index (χ3n) is 2.58. The number of alkyl carbamates (subject to hydrolysis) is 1. The quantitative estimate of drug-likeness (QED) is 0.847. The van der Waals surface area contributed by atoms with Crippen LogP contribution in [0.25, 0.3) is 0 Å². The normalized spacial score (nSPS) is 13.1. The number of aryl methyl sites for hydroxylation is 1. The molecule has 5 heteroatoms. The van der Waals surface area contributed by atoms with E-state index in [0.29, 0.717) is 0 Å². The fourth-order valence-corrected chi connectivity index (χ4v) is 2.61. The van der Waals surface area contributed by atoms with Crippen LogP contribution in [0.4, 0.5) is 4.79 Å². The van der Waals surface area contributed by atoms with Crippen molar-refractivity contribution in [2.45, 2.75) is 59.2 Å². The number of hydrogen-bond acceptors (Lipinski definition) is 4. The standard InChI is InChI=1S/C15H26N2O2S/c1-6-12-7-8-13(20-12)10-16-9-11(2)17-14(18)19-15(3,4)5/h7-8,11,16H,6,9-10H2,1-5H3,(H,17,18). The molecule has 2 N–H and O–H groups in total. The molecule has 1 aromatic heterocycles. The topological polar surface area (TPSA) is 50.4 Å². The molecule has 0 radical (unpaired) electrons. The van der Waals surface area contributed by atoms with Crippen LogP contribution >= 0.6 is 11.3 Å². The van der Waals surface area contributed by atoms with Crippen molar-refractivity contribution in [3.05, 3.63) is 21.9 Å². The molecule has 1 rings (SSSR count). The van der Waals surface area contributed by atoms with Crippen LogP contribution in [-0.2, 0) is 17.7 Å². The van der Waals surface area contributed by atoms with Gasteiger partial charge in [0.1, 0.15) is 5.60 Å². The van der Waals surface area contributed by atoms with Gasteiger partial charge in [-0.15, -0.1) is 11.3 Å². The van der Waals surface area contributed by atoms with Gasteiger partial charge < -0.3 is 15.4 Å².